The van der Waals surface area contributed by atoms with Crippen LogP contribution in [0.25, 0.3) is 0 Å². The number of alkyl halides is 3. The van der Waals surface area contributed by atoms with Crippen LogP contribution in [0.15, 0.2) is 0 Å². The Hall–Kier alpha value is -0.523. The van der Waals surface area contributed by atoms with Crippen LogP contribution in [-0.4, -0.2) is 28.6 Å². The number of rotatable bonds is 7. The van der Waals surface area contributed by atoms with E-state index in [1.165, 1.54) is 0 Å². The molecule has 0 aromatic carbocycles. The van der Waals surface area contributed by atoms with Gasteiger partial charge in [0.05, 0.1) is 6.61 Å². The predicted octanol–water partition coefficient (Wildman–Crippen LogP) is 3.68. The summed E-state index contributed by atoms with van der Waals surface area (Å²) in [7, 11) is -7.01. The molecule has 0 amide bonds. The topological polar surface area (TPSA) is 43.4 Å². The molecule has 0 bridgehead atoms. The van der Waals surface area contributed by atoms with Crippen LogP contribution in [0.2, 0.25) is 18.1 Å². The highest BCUT2D eigenvalue weighted by atomic mass is 32.2. The lowest BCUT2D eigenvalue weighted by atomic mass is 10.3. The number of unbranched alkanes of at least 4 members (excludes halogenated alkanes) is 1. The molecule has 8 heteroatoms. The molecule has 0 atom stereocenters. The van der Waals surface area contributed by atoms with Gasteiger partial charge in [-0.05, 0) is 24.6 Å². The van der Waals surface area contributed by atoms with E-state index in [4.69, 9.17) is 0 Å². The van der Waals surface area contributed by atoms with Crippen molar-refractivity contribution >= 4 is 18.2 Å². The van der Waals surface area contributed by atoms with Crippen LogP contribution < -0.4 is 0 Å². The Labute approximate surface area is 120 Å². The maximum Gasteiger partial charge on any atom is 0.523 e. The summed E-state index contributed by atoms with van der Waals surface area (Å²) in [5.74, 6) is 2.96. The van der Waals surface area contributed by atoms with Gasteiger partial charge in [-0.15, -0.1) is 11.5 Å². The predicted molar refractivity (Wildman–Crippen MR) is 75.1 cm³/mol. The largest absolute Gasteiger partial charge is 0.523 e. The Bertz CT molecular complexity index is 437. The van der Waals surface area contributed by atoms with E-state index in [-0.39, 0.29) is 6.42 Å². The van der Waals surface area contributed by atoms with Crippen LogP contribution in [0, 0.1) is 11.5 Å². The van der Waals surface area contributed by atoms with Crippen molar-refractivity contribution in [1.82, 2.24) is 0 Å². The fraction of sp³-hybridized carbons (Fsp3) is 0.833. The van der Waals surface area contributed by atoms with Crippen molar-refractivity contribution in [1.29, 1.82) is 0 Å². The molecule has 20 heavy (non-hydrogen) atoms. The lowest BCUT2D eigenvalue weighted by molar-refractivity contribution is -0.0542. The maximum atomic E-state index is 12.0. The smallest absolute Gasteiger partial charge is 0.263 e. The second-order valence-electron chi connectivity index (χ2n) is 4.47. The summed E-state index contributed by atoms with van der Waals surface area (Å²) < 4.78 is 61.0. The van der Waals surface area contributed by atoms with Crippen molar-refractivity contribution in [3.8, 4) is 11.5 Å². The third kappa shape index (κ3) is 5.85. The van der Waals surface area contributed by atoms with Gasteiger partial charge < -0.3 is 0 Å². The summed E-state index contributed by atoms with van der Waals surface area (Å²) in [6.45, 7) is 5.82. The third-order valence-electron chi connectivity index (χ3n) is 3.35. The quantitative estimate of drug-likeness (QED) is 0.235. The molecule has 0 aromatic heterocycles. The van der Waals surface area contributed by atoms with E-state index in [0.29, 0.717) is 6.42 Å². The zero-order valence-corrected chi connectivity index (χ0v) is 13.8. The molecular formula is C12H21F3O3SSi. The zero-order valence-electron chi connectivity index (χ0n) is 12.0. The molecule has 0 spiro atoms. The van der Waals surface area contributed by atoms with Crippen molar-refractivity contribution < 1.29 is 25.8 Å². The van der Waals surface area contributed by atoms with E-state index < -0.39 is 30.3 Å². The highest BCUT2D eigenvalue weighted by Gasteiger charge is 2.47. The van der Waals surface area contributed by atoms with Crippen LogP contribution in [0.3, 0.4) is 0 Å². The van der Waals surface area contributed by atoms with E-state index in [9.17, 15) is 21.6 Å². The minimum Gasteiger partial charge on any atom is -0.263 e. The minimum absolute atomic E-state index is 0.171. The Morgan fingerprint density at radius 2 is 1.60 bits per heavy atom. The molecule has 0 aliphatic carbocycles. The van der Waals surface area contributed by atoms with Gasteiger partial charge in [-0.1, -0.05) is 20.8 Å². The summed E-state index contributed by atoms with van der Waals surface area (Å²) in [6.07, 6.45) is 0.520. The first-order chi connectivity index (χ1) is 9.14. The van der Waals surface area contributed by atoms with Gasteiger partial charge in [0.15, 0.2) is 0 Å². The molecule has 0 aliphatic heterocycles. The normalized spacial score (nSPS) is 12.9. The molecule has 0 saturated carbocycles. The van der Waals surface area contributed by atoms with Crippen LogP contribution in [0.4, 0.5) is 13.2 Å². The van der Waals surface area contributed by atoms with E-state index >= 15 is 0 Å². The Morgan fingerprint density at radius 1 is 1.10 bits per heavy atom. The van der Waals surface area contributed by atoms with E-state index in [2.05, 4.69) is 36.4 Å². The second kappa shape index (κ2) is 8.05. The third-order valence-corrected chi connectivity index (χ3v) is 9.16. The van der Waals surface area contributed by atoms with Gasteiger partial charge in [0.1, 0.15) is 8.07 Å². The molecule has 0 aromatic rings. The number of halogens is 3. The standard InChI is InChI=1S/C12H21F3O3SSi/c1-4-20(5-2,6-3)11-9-7-8-10-18-19(16,17)12(13,14)15/h4-8,10H2,1-3H3. The average molecular weight is 330 g/mol. The molecular weight excluding hydrogens is 309 g/mol. The van der Waals surface area contributed by atoms with E-state index in [1.807, 2.05) is 0 Å². The molecule has 0 radical (unpaired) electrons. The monoisotopic (exact) mass is 330 g/mol. The average Bonchev–Trinajstić information content (AvgIpc) is 2.37. The first-order valence-electron chi connectivity index (χ1n) is 6.60. The van der Waals surface area contributed by atoms with E-state index in [1.54, 1.807) is 0 Å². The summed E-state index contributed by atoms with van der Waals surface area (Å²) >= 11 is 0. The molecule has 0 rings (SSSR count). The number of hydrogen-bond donors (Lipinski definition) is 0. The highest BCUT2D eigenvalue weighted by Crippen LogP contribution is 2.24. The van der Waals surface area contributed by atoms with Crippen LogP contribution in [0.1, 0.15) is 33.6 Å². The first kappa shape index (κ1) is 19.5. The van der Waals surface area contributed by atoms with Gasteiger partial charge in [0.2, 0.25) is 0 Å². The highest BCUT2D eigenvalue weighted by molar-refractivity contribution is 7.87. The summed E-state index contributed by atoms with van der Waals surface area (Å²) in [5, 5.41) is 0. The van der Waals surface area contributed by atoms with Gasteiger partial charge in [-0.25, -0.2) is 0 Å². The van der Waals surface area contributed by atoms with Gasteiger partial charge in [-0.2, -0.15) is 21.6 Å². The lowest BCUT2D eigenvalue weighted by Gasteiger charge is -2.20. The van der Waals surface area contributed by atoms with Crippen LogP contribution in [-0.2, 0) is 14.3 Å². The zero-order chi connectivity index (χ0) is 15.9. The first-order valence-corrected chi connectivity index (χ1v) is 10.6. The van der Waals surface area contributed by atoms with Gasteiger partial charge in [-0.3, -0.25) is 4.18 Å². The van der Waals surface area contributed by atoms with Crippen LogP contribution >= 0.6 is 0 Å². The SMILES string of the molecule is CC[Si](C#CCCCOS(=O)(=O)C(F)(F)F)(CC)CC. The molecule has 3 nitrogen and oxygen atoms in total. The Kier molecular flexibility index (Phi) is 7.84. The fourth-order valence-electron chi connectivity index (χ4n) is 1.66. The van der Waals surface area contributed by atoms with Crippen LogP contribution in [0.5, 0.6) is 0 Å². The van der Waals surface area contributed by atoms with Crippen molar-refractivity contribution in [2.75, 3.05) is 6.61 Å². The summed E-state index contributed by atoms with van der Waals surface area (Å²) in [4.78, 5) is 0. The molecule has 0 N–H and O–H groups in total. The molecule has 118 valence electrons. The van der Waals surface area contributed by atoms with Gasteiger partial charge >= 0.3 is 15.6 Å². The van der Waals surface area contributed by atoms with Crippen molar-refractivity contribution in [2.24, 2.45) is 0 Å². The van der Waals surface area contributed by atoms with Gasteiger partial charge in [0, 0.05) is 6.42 Å². The maximum absolute atomic E-state index is 12.0. The Morgan fingerprint density at radius 3 is 2.00 bits per heavy atom. The van der Waals surface area contributed by atoms with Gasteiger partial charge in [0.25, 0.3) is 0 Å². The molecule has 0 heterocycles. The molecule has 0 unspecified atom stereocenters. The fourth-order valence-corrected chi connectivity index (χ4v) is 4.66. The molecule has 0 fully saturated rings. The Balaban J connectivity index is 4.25. The molecule has 0 aliphatic rings. The van der Waals surface area contributed by atoms with E-state index in [0.717, 1.165) is 18.1 Å². The summed E-state index contributed by atoms with van der Waals surface area (Å²) in [5.41, 5.74) is -2.08. The van der Waals surface area contributed by atoms with Crippen molar-refractivity contribution in [2.45, 2.75) is 57.3 Å². The minimum atomic E-state index is -5.47. The number of hydrogen-bond acceptors (Lipinski definition) is 3. The lowest BCUT2D eigenvalue weighted by Crippen LogP contribution is -2.29. The summed E-state index contributed by atoms with van der Waals surface area (Å²) in [6, 6.07) is 3.14. The second-order valence-corrected chi connectivity index (χ2v) is 11.0. The van der Waals surface area contributed by atoms with Crippen molar-refractivity contribution in [3.05, 3.63) is 0 Å². The molecule has 0 saturated heterocycles. The van der Waals surface area contributed by atoms with Crippen molar-refractivity contribution in [3.63, 3.8) is 0 Å².